The van der Waals surface area contributed by atoms with Crippen LogP contribution in [0.25, 0.3) is 0 Å². The van der Waals surface area contributed by atoms with Gasteiger partial charge in [-0.3, -0.25) is 0 Å². The lowest BCUT2D eigenvalue weighted by Crippen LogP contribution is -2.32. The average molecular weight is 267 g/mol. The van der Waals surface area contributed by atoms with E-state index in [1.165, 1.54) is 0 Å². The monoisotopic (exact) mass is 267 g/mol. The van der Waals surface area contributed by atoms with E-state index >= 15 is 0 Å². The fourth-order valence-corrected chi connectivity index (χ4v) is 1.88. The zero-order valence-corrected chi connectivity index (χ0v) is 12.0. The lowest BCUT2D eigenvalue weighted by molar-refractivity contribution is 0.127. The van der Waals surface area contributed by atoms with E-state index < -0.39 is 0 Å². The molecule has 0 atom stereocenters. The number of hydrazine groups is 1. The Bertz CT molecular complexity index is 362. The van der Waals surface area contributed by atoms with Gasteiger partial charge in [-0.05, 0) is 12.8 Å². The number of aliphatic hydroxyl groups is 1. The molecule has 19 heavy (non-hydrogen) atoms. The van der Waals surface area contributed by atoms with Gasteiger partial charge < -0.3 is 15.8 Å². The topological polar surface area (TPSA) is 96.1 Å². The lowest BCUT2D eigenvalue weighted by Gasteiger charge is -2.29. The van der Waals surface area contributed by atoms with Crippen molar-refractivity contribution < 1.29 is 5.11 Å². The number of nitrogens with zero attached hydrogens (tertiary/aromatic N) is 2. The number of nitrogen functional groups attached to an aromatic ring is 1. The van der Waals surface area contributed by atoms with E-state index in [1.54, 1.807) is 6.07 Å². The summed E-state index contributed by atoms with van der Waals surface area (Å²) in [5.41, 5.74) is 2.44. The van der Waals surface area contributed by atoms with Crippen molar-refractivity contribution in [2.45, 2.75) is 40.0 Å². The van der Waals surface area contributed by atoms with Crippen molar-refractivity contribution in [1.82, 2.24) is 9.97 Å². The first kappa shape index (κ1) is 15.7. The first-order valence-electron chi connectivity index (χ1n) is 6.82. The highest BCUT2D eigenvalue weighted by atomic mass is 16.3. The van der Waals surface area contributed by atoms with Gasteiger partial charge in [0.05, 0.1) is 6.61 Å². The van der Waals surface area contributed by atoms with Crippen LogP contribution in [0, 0.1) is 5.41 Å². The largest absolute Gasteiger partial charge is 0.396 e. The van der Waals surface area contributed by atoms with Gasteiger partial charge in [-0.1, -0.05) is 20.8 Å². The molecule has 108 valence electrons. The summed E-state index contributed by atoms with van der Waals surface area (Å²) in [6.07, 6.45) is 2.58. The number of aryl methyl sites for hydroxylation is 1. The lowest BCUT2D eigenvalue weighted by atomic mass is 9.83. The fraction of sp³-hybridized carbons (Fsp3) is 0.692. The molecule has 1 aromatic heterocycles. The van der Waals surface area contributed by atoms with Gasteiger partial charge in [-0.2, -0.15) is 0 Å². The van der Waals surface area contributed by atoms with Gasteiger partial charge >= 0.3 is 0 Å². The summed E-state index contributed by atoms with van der Waals surface area (Å²) in [5.74, 6) is 7.46. The van der Waals surface area contributed by atoms with Gasteiger partial charge in [-0.15, -0.1) is 0 Å². The maximum absolute atomic E-state index is 9.55. The molecule has 0 aromatic carbocycles. The summed E-state index contributed by atoms with van der Waals surface area (Å²) < 4.78 is 0. The van der Waals surface area contributed by atoms with Crippen LogP contribution in [0.1, 0.15) is 39.4 Å². The third kappa shape index (κ3) is 4.04. The molecule has 0 saturated carbocycles. The average Bonchev–Trinajstić information content (AvgIpc) is 2.48. The van der Waals surface area contributed by atoms with Gasteiger partial charge in [0.25, 0.3) is 0 Å². The molecule has 5 N–H and O–H groups in total. The third-order valence-corrected chi connectivity index (χ3v) is 3.72. The molecule has 6 nitrogen and oxygen atoms in total. The molecule has 0 bridgehead atoms. The number of hydrogen-bond acceptors (Lipinski definition) is 6. The van der Waals surface area contributed by atoms with E-state index in [0.29, 0.717) is 12.4 Å². The SMILES string of the molecule is CCc1nc(NN)cc(NCC(CC)(CC)CO)n1. The molecule has 0 unspecified atom stereocenters. The van der Waals surface area contributed by atoms with Crippen LogP contribution in [0.2, 0.25) is 0 Å². The molecule has 1 heterocycles. The summed E-state index contributed by atoms with van der Waals surface area (Å²) in [6, 6.07) is 1.77. The maximum atomic E-state index is 9.55. The summed E-state index contributed by atoms with van der Waals surface area (Å²) in [6.45, 7) is 7.02. The van der Waals surface area contributed by atoms with Crippen molar-refractivity contribution in [1.29, 1.82) is 0 Å². The first-order chi connectivity index (χ1) is 9.12. The minimum absolute atomic E-state index is 0.104. The minimum atomic E-state index is -0.104. The third-order valence-electron chi connectivity index (χ3n) is 3.72. The first-order valence-corrected chi connectivity index (χ1v) is 6.82. The molecule has 1 rings (SSSR count). The van der Waals surface area contributed by atoms with Gasteiger partial charge in [-0.25, -0.2) is 15.8 Å². The number of nitrogens with one attached hydrogen (secondary N) is 2. The molecule has 0 amide bonds. The second-order valence-electron chi connectivity index (χ2n) is 4.77. The zero-order chi connectivity index (χ0) is 14.3. The van der Waals surface area contributed by atoms with Crippen LogP contribution < -0.4 is 16.6 Å². The minimum Gasteiger partial charge on any atom is -0.396 e. The Morgan fingerprint density at radius 2 is 1.84 bits per heavy atom. The Hall–Kier alpha value is -1.40. The van der Waals surface area contributed by atoms with E-state index in [4.69, 9.17) is 5.84 Å². The number of nitrogens with two attached hydrogens (primary N) is 1. The van der Waals surface area contributed by atoms with E-state index in [0.717, 1.165) is 30.9 Å². The van der Waals surface area contributed by atoms with Crippen molar-refractivity contribution in [2.75, 3.05) is 23.9 Å². The molecule has 0 saturated heterocycles. The molecule has 1 aromatic rings. The summed E-state index contributed by atoms with van der Waals surface area (Å²) in [5, 5.41) is 12.8. The highest BCUT2D eigenvalue weighted by Gasteiger charge is 2.25. The highest BCUT2D eigenvalue weighted by Crippen LogP contribution is 2.26. The number of aliphatic hydroxyl groups excluding tert-OH is 1. The Morgan fingerprint density at radius 1 is 1.21 bits per heavy atom. The normalized spacial score (nSPS) is 11.4. The van der Waals surface area contributed by atoms with Crippen LogP contribution in [-0.2, 0) is 6.42 Å². The quantitative estimate of drug-likeness (QED) is 0.421. The summed E-state index contributed by atoms with van der Waals surface area (Å²) >= 11 is 0. The van der Waals surface area contributed by atoms with Gasteiger partial charge in [0.2, 0.25) is 0 Å². The van der Waals surface area contributed by atoms with E-state index in [-0.39, 0.29) is 12.0 Å². The van der Waals surface area contributed by atoms with E-state index in [2.05, 4.69) is 34.6 Å². The van der Waals surface area contributed by atoms with Crippen LogP contribution in [-0.4, -0.2) is 28.2 Å². The number of anilines is 2. The fourth-order valence-electron chi connectivity index (χ4n) is 1.88. The van der Waals surface area contributed by atoms with Crippen LogP contribution >= 0.6 is 0 Å². The molecule has 0 spiro atoms. The van der Waals surface area contributed by atoms with Gasteiger partial charge in [0, 0.05) is 24.4 Å². The molecule has 0 aliphatic heterocycles. The summed E-state index contributed by atoms with van der Waals surface area (Å²) in [7, 11) is 0. The highest BCUT2D eigenvalue weighted by molar-refractivity contribution is 5.47. The van der Waals surface area contributed by atoms with Crippen molar-refractivity contribution >= 4 is 11.6 Å². The number of aromatic nitrogens is 2. The van der Waals surface area contributed by atoms with Crippen molar-refractivity contribution in [3.63, 3.8) is 0 Å². The maximum Gasteiger partial charge on any atom is 0.145 e. The Morgan fingerprint density at radius 3 is 2.32 bits per heavy atom. The van der Waals surface area contributed by atoms with Crippen LogP contribution in [0.3, 0.4) is 0 Å². The molecular formula is C13H25N5O. The zero-order valence-electron chi connectivity index (χ0n) is 12.0. The number of rotatable bonds is 8. The van der Waals surface area contributed by atoms with Crippen molar-refractivity contribution in [2.24, 2.45) is 11.3 Å². The van der Waals surface area contributed by atoms with E-state index in [9.17, 15) is 5.11 Å². The van der Waals surface area contributed by atoms with Crippen molar-refractivity contribution in [3.05, 3.63) is 11.9 Å². The van der Waals surface area contributed by atoms with Crippen LogP contribution in [0.5, 0.6) is 0 Å². The second-order valence-corrected chi connectivity index (χ2v) is 4.77. The molecule has 0 radical (unpaired) electrons. The van der Waals surface area contributed by atoms with Crippen LogP contribution in [0.4, 0.5) is 11.6 Å². The summed E-state index contributed by atoms with van der Waals surface area (Å²) in [4.78, 5) is 8.65. The van der Waals surface area contributed by atoms with Crippen molar-refractivity contribution in [3.8, 4) is 0 Å². The molecule has 0 fully saturated rings. The smallest absolute Gasteiger partial charge is 0.145 e. The number of hydrogen-bond donors (Lipinski definition) is 4. The standard InChI is InChI=1S/C13H25N5O/c1-4-10-16-11(7-12(17-10)18-14)15-8-13(5-2,6-3)9-19/h7,19H,4-6,8-9,14H2,1-3H3,(H2,15,16,17,18). The molecule has 0 aliphatic rings. The molecular weight excluding hydrogens is 242 g/mol. The predicted octanol–water partition coefficient (Wildman–Crippen LogP) is 1.54. The second kappa shape index (κ2) is 7.25. The predicted molar refractivity (Wildman–Crippen MR) is 77.8 cm³/mol. The Kier molecular flexibility index (Phi) is 5.98. The van der Waals surface area contributed by atoms with Gasteiger partial charge in [0.15, 0.2) is 0 Å². The molecule has 0 aliphatic carbocycles. The Labute approximate surface area is 114 Å². The molecule has 6 heteroatoms. The Balaban J connectivity index is 2.81. The van der Waals surface area contributed by atoms with Gasteiger partial charge in [0.1, 0.15) is 17.5 Å². The van der Waals surface area contributed by atoms with Crippen LogP contribution in [0.15, 0.2) is 6.07 Å². The van der Waals surface area contributed by atoms with E-state index in [1.807, 2.05) is 6.92 Å².